The summed E-state index contributed by atoms with van der Waals surface area (Å²) in [6.45, 7) is 0.795. The number of nitrogens with two attached hydrogens (primary N) is 1. The Bertz CT molecular complexity index is 484. The van der Waals surface area contributed by atoms with Gasteiger partial charge >= 0.3 is 0 Å². The number of pyridine rings is 1. The third-order valence-electron chi connectivity index (χ3n) is 2.69. The second kappa shape index (κ2) is 6.28. The van der Waals surface area contributed by atoms with Gasteiger partial charge < -0.3 is 11.1 Å². The van der Waals surface area contributed by atoms with Crippen molar-refractivity contribution in [3.8, 4) is 0 Å². The molecule has 1 amide bonds. The Kier molecular flexibility index (Phi) is 4.44. The largest absolute Gasteiger partial charge is 0.351 e. The number of nitrogens with one attached hydrogen (secondary N) is 1. The van der Waals surface area contributed by atoms with E-state index in [0.29, 0.717) is 13.1 Å². The Morgan fingerprint density at radius 1 is 1.50 bits per heavy atom. The van der Waals surface area contributed by atoms with Crippen molar-refractivity contribution in [3.05, 3.63) is 52.5 Å². The molecule has 0 spiro atoms. The van der Waals surface area contributed by atoms with E-state index < -0.39 is 0 Å². The van der Waals surface area contributed by atoms with Gasteiger partial charge in [0.2, 0.25) is 5.91 Å². The van der Waals surface area contributed by atoms with Crippen molar-refractivity contribution < 1.29 is 4.79 Å². The summed E-state index contributed by atoms with van der Waals surface area (Å²) in [7, 11) is 0. The zero-order valence-corrected chi connectivity index (χ0v) is 10.7. The standard InChI is InChI=1S/C13H15N3OS/c14-6-12(11-3-5-18-9-11)13(17)16-8-10-2-1-4-15-7-10/h1-5,7,9,12H,6,8,14H2,(H,16,17)/t12-/m0/s1. The molecule has 0 saturated carbocycles. The molecule has 5 heteroatoms. The van der Waals surface area contributed by atoms with Crippen molar-refractivity contribution in [2.75, 3.05) is 6.54 Å². The maximum atomic E-state index is 12.0. The summed E-state index contributed by atoms with van der Waals surface area (Å²) in [6.07, 6.45) is 3.45. The zero-order valence-electron chi connectivity index (χ0n) is 9.87. The third-order valence-corrected chi connectivity index (χ3v) is 3.39. The smallest absolute Gasteiger partial charge is 0.229 e. The number of aromatic nitrogens is 1. The topological polar surface area (TPSA) is 68.0 Å². The van der Waals surface area contributed by atoms with Gasteiger partial charge in [0.1, 0.15) is 0 Å². The lowest BCUT2D eigenvalue weighted by atomic mass is 10.0. The van der Waals surface area contributed by atoms with E-state index in [4.69, 9.17) is 5.73 Å². The Balaban J connectivity index is 1.95. The first kappa shape index (κ1) is 12.7. The molecule has 4 nitrogen and oxygen atoms in total. The van der Waals surface area contributed by atoms with Gasteiger partial charge in [0, 0.05) is 25.5 Å². The SMILES string of the molecule is NC[C@H](C(=O)NCc1cccnc1)c1ccsc1. The van der Waals surface area contributed by atoms with Crippen LogP contribution in [0, 0.1) is 0 Å². The molecule has 2 rings (SSSR count). The van der Waals surface area contributed by atoms with Crippen LogP contribution in [0.5, 0.6) is 0 Å². The van der Waals surface area contributed by atoms with Gasteiger partial charge in [0.15, 0.2) is 0 Å². The van der Waals surface area contributed by atoms with E-state index in [-0.39, 0.29) is 11.8 Å². The summed E-state index contributed by atoms with van der Waals surface area (Å²) in [5, 5.41) is 6.79. The van der Waals surface area contributed by atoms with Gasteiger partial charge in [-0.15, -0.1) is 0 Å². The highest BCUT2D eigenvalue weighted by Gasteiger charge is 2.18. The highest BCUT2D eigenvalue weighted by molar-refractivity contribution is 7.08. The van der Waals surface area contributed by atoms with E-state index in [9.17, 15) is 4.79 Å². The summed E-state index contributed by atoms with van der Waals surface area (Å²) in [4.78, 5) is 16.0. The number of thiophene rings is 1. The maximum Gasteiger partial charge on any atom is 0.229 e. The molecule has 2 aromatic rings. The molecule has 0 fully saturated rings. The minimum absolute atomic E-state index is 0.0419. The number of carbonyl (C=O) groups is 1. The van der Waals surface area contributed by atoms with Gasteiger partial charge in [-0.25, -0.2) is 0 Å². The van der Waals surface area contributed by atoms with Gasteiger partial charge in [-0.2, -0.15) is 11.3 Å². The molecule has 0 unspecified atom stereocenters. The van der Waals surface area contributed by atoms with Crippen molar-refractivity contribution >= 4 is 17.2 Å². The van der Waals surface area contributed by atoms with Crippen LogP contribution in [0.4, 0.5) is 0 Å². The Morgan fingerprint density at radius 3 is 3.00 bits per heavy atom. The van der Waals surface area contributed by atoms with Crippen molar-refractivity contribution in [2.45, 2.75) is 12.5 Å². The van der Waals surface area contributed by atoms with Gasteiger partial charge in [0.25, 0.3) is 0 Å². The van der Waals surface area contributed by atoms with Crippen molar-refractivity contribution in [1.82, 2.24) is 10.3 Å². The summed E-state index contributed by atoms with van der Waals surface area (Å²) in [6, 6.07) is 5.71. The highest BCUT2D eigenvalue weighted by Crippen LogP contribution is 2.18. The minimum Gasteiger partial charge on any atom is -0.351 e. The molecule has 2 aromatic heterocycles. The fourth-order valence-electron chi connectivity index (χ4n) is 1.68. The molecule has 94 valence electrons. The highest BCUT2D eigenvalue weighted by atomic mass is 32.1. The van der Waals surface area contributed by atoms with E-state index in [2.05, 4.69) is 10.3 Å². The van der Waals surface area contributed by atoms with Crippen LogP contribution in [0.15, 0.2) is 41.4 Å². The molecule has 2 heterocycles. The van der Waals surface area contributed by atoms with Crippen LogP contribution in [0.2, 0.25) is 0 Å². The van der Waals surface area contributed by atoms with Gasteiger partial charge in [-0.05, 0) is 34.0 Å². The number of nitrogens with zero attached hydrogens (tertiary/aromatic N) is 1. The van der Waals surface area contributed by atoms with E-state index in [1.54, 1.807) is 23.7 Å². The first-order valence-corrected chi connectivity index (χ1v) is 6.64. The maximum absolute atomic E-state index is 12.0. The van der Waals surface area contributed by atoms with Gasteiger partial charge in [0.05, 0.1) is 5.92 Å². The van der Waals surface area contributed by atoms with Crippen LogP contribution in [-0.4, -0.2) is 17.4 Å². The summed E-state index contributed by atoms with van der Waals surface area (Å²) >= 11 is 1.57. The summed E-state index contributed by atoms with van der Waals surface area (Å²) in [5.74, 6) is -0.312. The van der Waals surface area contributed by atoms with Crippen molar-refractivity contribution in [2.24, 2.45) is 5.73 Å². The normalized spacial score (nSPS) is 12.1. The molecule has 0 bridgehead atoms. The number of amides is 1. The molecule has 0 saturated heterocycles. The average molecular weight is 261 g/mol. The third kappa shape index (κ3) is 3.15. The van der Waals surface area contributed by atoms with Crippen molar-refractivity contribution in [3.63, 3.8) is 0 Å². The molecule has 0 aliphatic rings. The molecule has 0 aromatic carbocycles. The lowest BCUT2D eigenvalue weighted by molar-refractivity contribution is -0.122. The second-order valence-corrected chi connectivity index (χ2v) is 4.70. The first-order chi connectivity index (χ1) is 8.81. The predicted octanol–water partition coefficient (Wildman–Crippen LogP) is 1.50. The van der Waals surface area contributed by atoms with Crippen LogP contribution < -0.4 is 11.1 Å². The predicted molar refractivity (Wildman–Crippen MR) is 72.2 cm³/mol. The quantitative estimate of drug-likeness (QED) is 0.857. The van der Waals surface area contributed by atoms with Crippen LogP contribution in [0.25, 0.3) is 0 Å². The fourth-order valence-corrected chi connectivity index (χ4v) is 2.40. The molecule has 18 heavy (non-hydrogen) atoms. The minimum atomic E-state index is -0.270. The molecule has 0 aliphatic heterocycles. The lowest BCUT2D eigenvalue weighted by Gasteiger charge is -2.13. The molecule has 0 aliphatic carbocycles. The average Bonchev–Trinajstić information content (AvgIpc) is 2.92. The Hall–Kier alpha value is -1.72. The fraction of sp³-hybridized carbons (Fsp3) is 0.231. The van der Waals surface area contributed by atoms with E-state index in [1.165, 1.54) is 0 Å². The van der Waals surface area contributed by atoms with Gasteiger partial charge in [-0.3, -0.25) is 9.78 Å². The Labute approximate surface area is 110 Å². The Morgan fingerprint density at radius 2 is 2.39 bits per heavy atom. The van der Waals surface area contributed by atoms with Crippen LogP contribution in [0.1, 0.15) is 17.0 Å². The van der Waals surface area contributed by atoms with Gasteiger partial charge in [-0.1, -0.05) is 6.07 Å². The first-order valence-electron chi connectivity index (χ1n) is 5.70. The lowest BCUT2D eigenvalue weighted by Crippen LogP contribution is -2.32. The number of hydrogen-bond donors (Lipinski definition) is 2. The summed E-state index contributed by atoms with van der Waals surface area (Å²) < 4.78 is 0. The second-order valence-electron chi connectivity index (χ2n) is 3.92. The zero-order chi connectivity index (χ0) is 12.8. The molecule has 0 radical (unpaired) electrons. The van der Waals surface area contributed by atoms with Crippen LogP contribution in [-0.2, 0) is 11.3 Å². The van der Waals surface area contributed by atoms with E-state index >= 15 is 0 Å². The van der Waals surface area contributed by atoms with E-state index in [1.807, 2.05) is 29.0 Å². The van der Waals surface area contributed by atoms with Crippen LogP contribution >= 0.6 is 11.3 Å². The number of hydrogen-bond acceptors (Lipinski definition) is 4. The molecule has 3 N–H and O–H groups in total. The molecular weight excluding hydrogens is 246 g/mol. The monoisotopic (exact) mass is 261 g/mol. The molecule has 1 atom stereocenters. The van der Waals surface area contributed by atoms with Crippen molar-refractivity contribution in [1.29, 1.82) is 0 Å². The number of carbonyl (C=O) groups excluding carboxylic acids is 1. The number of rotatable bonds is 5. The summed E-state index contributed by atoms with van der Waals surface area (Å²) in [5.41, 5.74) is 7.62. The van der Waals surface area contributed by atoms with E-state index in [0.717, 1.165) is 11.1 Å². The molecular formula is C13H15N3OS. The van der Waals surface area contributed by atoms with Crippen LogP contribution in [0.3, 0.4) is 0 Å².